The number of rotatable bonds is 0. The fraction of sp³-hybridized carbons (Fsp3) is 1.00. The highest BCUT2D eigenvalue weighted by Gasteiger charge is 2.61. The van der Waals surface area contributed by atoms with Gasteiger partial charge in [-0.3, -0.25) is 0 Å². The molecule has 0 radical (unpaired) electrons. The molecule has 3 aliphatic heterocycles. The van der Waals surface area contributed by atoms with Crippen LogP contribution >= 0.6 is 0 Å². The topological polar surface area (TPSA) is 77.4 Å². The molecule has 3 rings (SSSR count). The lowest BCUT2D eigenvalue weighted by atomic mass is 10.1. The van der Waals surface area contributed by atoms with E-state index in [0.29, 0.717) is 0 Å². The summed E-state index contributed by atoms with van der Waals surface area (Å²) in [4.78, 5) is 0. The number of aliphatic hydroxyl groups is 2. The lowest BCUT2D eigenvalue weighted by Crippen LogP contribution is -2.35. The van der Waals surface area contributed by atoms with E-state index in [-0.39, 0.29) is 6.10 Å². The molecule has 6 nitrogen and oxygen atoms in total. The molecule has 0 aliphatic carbocycles. The fourth-order valence-corrected chi connectivity index (χ4v) is 2.34. The van der Waals surface area contributed by atoms with E-state index in [9.17, 15) is 10.2 Å². The van der Waals surface area contributed by atoms with E-state index in [4.69, 9.17) is 18.9 Å². The second kappa shape index (κ2) is 2.91. The maximum Gasteiger partial charge on any atom is 0.190 e. The van der Waals surface area contributed by atoms with Crippen LogP contribution in [0.15, 0.2) is 0 Å². The second-order valence-electron chi connectivity index (χ2n) is 4.55. The summed E-state index contributed by atoms with van der Waals surface area (Å²) < 4.78 is 21.7. The summed E-state index contributed by atoms with van der Waals surface area (Å²) in [7, 11) is 0. The third-order valence-electron chi connectivity index (χ3n) is 2.95. The molecule has 0 amide bonds. The zero-order chi connectivity index (χ0) is 10.8. The van der Waals surface area contributed by atoms with Crippen LogP contribution in [0.1, 0.15) is 13.8 Å². The number of fused-ring (bicyclic) bond motifs is 3. The van der Waals surface area contributed by atoms with Gasteiger partial charge in [0.25, 0.3) is 0 Å². The Morgan fingerprint density at radius 2 is 1.67 bits per heavy atom. The first kappa shape index (κ1) is 9.95. The quantitative estimate of drug-likeness (QED) is 0.539. The Morgan fingerprint density at radius 1 is 0.933 bits per heavy atom. The summed E-state index contributed by atoms with van der Waals surface area (Å²) in [5.41, 5.74) is 0. The van der Waals surface area contributed by atoms with Crippen LogP contribution in [-0.4, -0.2) is 53.0 Å². The Kier molecular flexibility index (Phi) is 1.93. The van der Waals surface area contributed by atoms with Gasteiger partial charge in [-0.1, -0.05) is 0 Å². The summed E-state index contributed by atoms with van der Waals surface area (Å²) in [6.45, 7) is 3.57. The SMILES string of the molecule is CC1(C)O[C@H]2O[C@@H]3[C@@H](O)[C@@H](O)O[C@@H]3[C@H]2O1. The van der Waals surface area contributed by atoms with E-state index in [1.165, 1.54) is 0 Å². The number of hydrogen-bond donors (Lipinski definition) is 2. The van der Waals surface area contributed by atoms with Gasteiger partial charge in [0.2, 0.25) is 0 Å². The second-order valence-corrected chi connectivity index (χ2v) is 4.55. The third kappa shape index (κ3) is 1.33. The molecule has 0 aromatic rings. The van der Waals surface area contributed by atoms with Crippen molar-refractivity contribution in [1.29, 1.82) is 0 Å². The molecule has 0 aromatic carbocycles. The highest BCUT2D eigenvalue weighted by molar-refractivity contribution is 5.01. The van der Waals surface area contributed by atoms with Crippen LogP contribution in [0.2, 0.25) is 0 Å². The molecule has 0 spiro atoms. The van der Waals surface area contributed by atoms with Crippen LogP contribution < -0.4 is 0 Å². The van der Waals surface area contributed by atoms with Crippen molar-refractivity contribution >= 4 is 0 Å². The smallest absolute Gasteiger partial charge is 0.190 e. The molecule has 6 heteroatoms. The van der Waals surface area contributed by atoms with Gasteiger partial charge in [0.15, 0.2) is 18.4 Å². The lowest BCUT2D eigenvalue weighted by molar-refractivity contribution is -0.214. The Hall–Kier alpha value is -0.240. The summed E-state index contributed by atoms with van der Waals surface area (Å²) in [6.07, 6.45) is -4.15. The molecule has 2 N–H and O–H groups in total. The van der Waals surface area contributed by atoms with Gasteiger partial charge in [-0.05, 0) is 13.8 Å². The van der Waals surface area contributed by atoms with Gasteiger partial charge in [-0.2, -0.15) is 0 Å². The Morgan fingerprint density at radius 3 is 2.40 bits per heavy atom. The van der Waals surface area contributed by atoms with Crippen LogP contribution in [0.3, 0.4) is 0 Å². The first-order chi connectivity index (χ1) is 6.98. The molecular formula is C9H14O6. The van der Waals surface area contributed by atoms with Crippen LogP contribution in [-0.2, 0) is 18.9 Å². The van der Waals surface area contributed by atoms with Crippen LogP contribution in [0.5, 0.6) is 0 Å². The van der Waals surface area contributed by atoms with E-state index in [1.807, 2.05) is 0 Å². The minimum atomic E-state index is -1.20. The maximum atomic E-state index is 9.54. The predicted molar refractivity (Wildman–Crippen MR) is 45.6 cm³/mol. The lowest BCUT2D eigenvalue weighted by Gasteiger charge is -2.21. The molecule has 6 atom stereocenters. The van der Waals surface area contributed by atoms with Crippen LogP contribution in [0.25, 0.3) is 0 Å². The predicted octanol–water partition coefficient (Wildman–Crippen LogP) is -1.06. The van der Waals surface area contributed by atoms with Crippen molar-refractivity contribution in [2.45, 2.75) is 56.6 Å². The zero-order valence-corrected chi connectivity index (χ0v) is 8.49. The Labute approximate surface area is 86.7 Å². The van der Waals surface area contributed by atoms with Crippen molar-refractivity contribution in [3.05, 3.63) is 0 Å². The average molecular weight is 218 g/mol. The molecule has 15 heavy (non-hydrogen) atoms. The molecule has 0 aromatic heterocycles. The molecule has 0 unspecified atom stereocenters. The minimum absolute atomic E-state index is 0.378. The summed E-state index contributed by atoms with van der Waals surface area (Å²) >= 11 is 0. The van der Waals surface area contributed by atoms with Crippen molar-refractivity contribution in [2.24, 2.45) is 0 Å². The summed E-state index contributed by atoms with van der Waals surface area (Å²) in [6, 6.07) is 0. The van der Waals surface area contributed by atoms with Gasteiger partial charge in [-0.15, -0.1) is 0 Å². The minimum Gasteiger partial charge on any atom is -0.385 e. The summed E-state index contributed by atoms with van der Waals surface area (Å²) in [5, 5.41) is 18.8. The molecule has 3 heterocycles. The molecule has 3 aliphatic rings. The highest BCUT2D eigenvalue weighted by Crippen LogP contribution is 2.42. The Bertz CT molecular complexity index is 280. The van der Waals surface area contributed by atoms with E-state index in [1.54, 1.807) is 13.8 Å². The van der Waals surface area contributed by atoms with E-state index in [0.717, 1.165) is 0 Å². The molecular weight excluding hydrogens is 204 g/mol. The largest absolute Gasteiger partial charge is 0.385 e. The first-order valence-electron chi connectivity index (χ1n) is 5.01. The number of aliphatic hydroxyl groups excluding tert-OH is 2. The van der Waals surface area contributed by atoms with Crippen molar-refractivity contribution in [3.8, 4) is 0 Å². The van der Waals surface area contributed by atoms with Gasteiger partial charge < -0.3 is 29.2 Å². The number of ether oxygens (including phenoxy) is 4. The van der Waals surface area contributed by atoms with E-state index >= 15 is 0 Å². The first-order valence-corrected chi connectivity index (χ1v) is 5.01. The maximum absolute atomic E-state index is 9.54. The van der Waals surface area contributed by atoms with Gasteiger partial charge in [0, 0.05) is 0 Å². The normalized spacial score (nSPS) is 56.8. The van der Waals surface area contributed by atoms with Gasteiger partial charge in [-0.25, -0.2) is 0 Å². The molecule has 86 valence electrons. The van der Waals surface area contributed by atoms with Gasteiger partial charge in [0.1, 0.15) is 24.4 Å². The Balaban J connectivity index is 1.80. The standard InChI is InChI=1S/C9H14O6/c1-9(2)14-6-5-4(13-8(6)15-9)3(10)7(11)12-5/h3-8,10-11H,1-2H3/t3-,4-,5+,6-,7+,8-/m1/s1. The van der Waals surface area contributed by atoms with E-state index < -0.39 is 36.7 Å². The van der Waals surface area contributed by atoms with Crippen molar-refractivity contribution in [2.75, 3.05) is 0 Å². The van der Waals surface area contributed by atoms with E-state index in [2.05, 4.69) is 0 Å². The summed E-state index contributed by atoms with van der Waals surface area (Å²) in [5.74, 6) is -0.706. The molecule has 0 saturated carbocycles. The molecule has 3 saturated heterocycles. The third-order valence-corrected chi connectivity index (χ3v) is 2.95. The van der Waals surface area contributed by atoms with Crippen LogP contribution in [0, 0.1) is 0 Å². The number of hydrogen-bond acceptors (Lipinski definition) is 6. The molecule has 3 fully saturated rings. The van der Waals surface area contributed by atoms with Crippen molar-refractivity contribution in [1.82, 2.24) is 0 Å². The van der Waals surface area contributed by atoms with Gasteiger partial charge in [0.05, 0.1) is 0 Å². The highest BCUT2D eigenvalue weighted by atomic mass is 16.9. The van der Waals surface area contributed by atoms with Crippen LogP contribution in [0.4, 0.5) is 0 Å². The monoisotopic (exact) mass is 218 g/mol. The zero-order valence-electron chi connectivity index (χ0n) is 8.49. The average Bonchev–Trinajstić information content (AvgIpc) is 2.66. The fourth-order valence-electron chi connectivity index (χ4n) is 2.34. The van der Waals surface area contributed by atoms with Gasteiger partial charge >= 0.3 is 0 Å². The molecule has 0 bridgehead atoms. The van der Waals surface area contributed by atoms with Crippen molar-refractivity contribution < 1.29 is 29.2 Å². The van der Waals surface area contributed by atoms with Crippen molar-refractivity contribution in [3.63, 3.8) is 0 Å².